The van der Waals surface area contributed by atoms with Gasteiger partial charge in [0.25, 0.3) is 5.91 Å². The largest absolute Gasteiger partial charge is 0.480 e. The predicted octanol–water partition coefficient (Wildman–Crippen LogP) is 1.59. The van der Waals surface area contributed by atoms with Crippen LogP contribution in [0.2, 0.25) is 0 Å². The molecule has 2 N–H and O–H groups in total. The molecule has 0 radical (unpaired) electrons. The number of carboxylic acid groups (broad SMARTS) is 1. The van der Waals surface area contributed by atoms with Gasteiger partial charge in [0.15, 0.2) is 0 Å². The zero-order valence-electron chi connectivity index (χ0n) is 8.56. The van der Waals surface area contributed by atoms with E-state index in [1.165, 1.54) is 11.3 Å². The SMILES string of the molecule is CC(C)C(NC(=O)c1cccs1)C(=O)O. The minimum absolute atomic E-state index is 0.133. The maximum absolute atomic E-state index is 11.6. The quantitative estimate of drug-likeness (QED) is 0.820. The van der Waals surface area contributed by atoms with Crippen molar-refractivity contribution in [2.45, 2.75) is 19.9 Å². The number of rotatable bonds is 4. The number of carbonyl (C=O) groups excluding carboxylic acids is 1. The van der Waals surface area contributed by atoms with E-state index in [1.807, 2.05) is 0 Å². The highest BCUT2D eigenvalue weighted by Gasteiger charge is 2.23. The van der Waals surface area contributed by atoms with E-state index in [4.69, 9.17) is 5.11 Å². The summed E-state index contributed by atoms with van der Waals surface area (Å²) < 4.78 is 0. The topological polar surface area (TPSA) is 66.4 Å². The van der Waals surface area contributed by atoms with Gasteiger partial charge in [-0.1, -0.05) is 19.9 Å². The fourth-order valence-corrected chi connectivity index (χ4v) is 1.76. The molecule has 1 heterocycles. The molecule has 0 aliphatic heterocycles. The molecule has 0 aliphatic rings. The molecule has 4 nitrogen and oxygen atoms in total. The Labute approximate surface area is 91.9 Å². The lowest BCUT2D eigenvalue weighted by molar-refractivity contribution is -0.140. The second-order valence-corrected chi connectivity index (χ2v) is 4.46. The molecule has 1 amide bonds. The first-order chi connectivity index (χ1) is 7.02. The Morgan fingerprint density at radius 1 is 1.47 bits per heavy atom. The van der Waals surface area contributed by atoms with Gasteiger partial charge in [-0.2, -0.15) is 0 Å². The summed E-state index contributed by atoms with van der Waals surface area (Å²) >= 11 is 1.29. The molecule has 0 spiro atoms. The molecule has 1 unspecified atom stereocenters. The highest BCUT2D eigenvalue weighted by atomic mass is 32.1. The van der Waals surface area contributed by atoms with Gasteiger partial charge in [0.2, 0.25) is 0 Å². The summed E-state index contributed by atoms with van der Waals surface area (Å²) in [6.45, 7) is 3.51. The Kier molecular flexibility index (Phi) is 3.85. The molecule has 1 aromatic rings. The molecular formula is C10H13NO3S. The van der Waals surface area contributed by atoms with Crippen LogP contribution in [0.3, 0.4) is 0 Å². The lowest BCUT2D eigenvalue weighted by atomic mass is 10.0. The lowest BCUT2D eigenvalue weighted by Crippen LogP contribution is -2.44. The Hall–Kier alpha value is -1.36. The smallest absolute Gasteiger partial charge is 0.326 e. The number of thiophene rings is 1. The first-order valence-corrected chi connectivity index (χ1v) is 5.47. The second kappa shape index (κ2) is 4.93. The van der Waals surface area contributed by atoms with Crippen molar-refractivity contribution in [2.75, 3.05) is 0 Å². The maximum atomic E-state index is 11.6. The van der Waals surface area contributed by atoms with Crippen LogP contribution in [-0.4, -0.2) is 23.0 Å². The molecular weight excluding hydrogens is 214 g/mol. The fourth-order valence-electron chi connectivity index (χ4n) is 1.13. The third-order valence-corrected chi connectivity index (χ3v) is 2.83. The van der Waals surface area contributed by atoms with E-state index in [0.717, 1.165) is 0 Å². The fraction of sp³-hybridized carbons (Fsp3) is 0.400. The van der Waals surface area contributed by atoms with Crippen molar-refractivity contribution in [3.05, 3.63) is 22.4 Å². The van der Waals surface area contributed by atoms with Crippen molar-refractivity contribution < 1.29 is 14.7 Å². The summed E-state index contributed by atoms with van der Waals surface area (Å²) in [5, 5.41) is 13.1. The van der Waals surface area contributed by atoms with Crippen LogP contribution in [0.1, 0.15) is 23.5 Å². The number of carboxylic acids is 1. The Balaban J connectivity index is 2.67. The van der Waals surface area contributed by atoms with E-state index in [0.29, 0.717) is 4.88 Å². The van der Waals surface area contributed by atoms with Gasteiger partial charge in [0.1, 0.15) is 6.04 Å². The second-order valence-electron chi connectivity index (χ2n) is 3.51. The monoisotopic (exact) mass is 227 g/mol. The molecule has 0 saturated carbocycles. The van der Waals surface area contributed by atoms with Crippen LogP contribution in [0, 0.1) is 5.92 Å². The van der Waals surface area contributed by atoms with Crippen molar-refractivity contribution >= 4 is 23.2 Å². The molecule has 0 saturated heterocycles. The highest BCUT2D eigenvalue weighted by Crippen LogP contribution is 2.10. The van der Waals surface area contributed by atoms with Crippen LogP contribution in [-0.2, 0) is 4.79 Å². The molecule has 0 bridgehead atoms. The number of amides is 1. The summed E-state index contributed by atoms with van der Waals surface area (Å²) in [5.74, 6) is -1.47. The summed E-state index contributed by atoms with van der Waals surface area (Å²) in [6.07, 6.45) is 0. The van der Waals surface area contributed by atoms with Crippen molar-refractivity contribution in [2.24, 2.45) is 5.92 Å². The van der Waals surface area contributed by atoms with Crippen LogP contribution in [0.15, 0.2) is 17.5 Å². The van der Waals surface area contributed by atoms with Gasteiger partial charge in [0, 0.05) is 0 Å². The molecule has 1 aromatic heterocycles. The number of aliphatic carboxylic acids is 1. The van der Waals surface area contributed by atoms with Crippen molar-refractivity contribution in [3.63, 3.8) is 0 Å². The van der Waals surface area contributed by atoms with Crippen LogP contribution >= 0.6 is 11.3 Å². The van der Waals surface area contributed by atoms with Crippen LogP contribution in [0.4, 0.5) is 0 Å². The summed E-state index contributed by atoms with van der Waals surface area (Å²) in [4.78, 5) is 22.9. The Morgan fingerprint density at radius 2 is 2.13 bits per heavy atom. The van der Waals surface area contributed by atoms with Gasteiger partial charge in [-0.05, 0) is 17.4 Å². The zero-order valence-corrected chi connectivity index (χ0v) is 9.38. The maximum Gasteiger partial charge on any atom is 0.326 e. The van der Waals surface area contributed by atoms with Gasteiger partial charge in [-0.25, -0.2) is 4.79 Å². The first-order valence-electron chi connectivity index (χ1n) is 4.59. The molecule has 0 fully saturated rings. The molecule has 1 rings (SSSR count). The summed E-state index contributed by atoms with van der Waals surface area (Å²) in [6, 6.07) is 2.59. The Bertz CT molecular complexity index is 346. The number of hydrogen-bond acceptors (Lipinski definition) is 3. The summed E-state index contributed by atoms with van der Waals surface area (Å²) in [5.41, 5.74) is 0. The summed E-state index contributed by atoms with van der Waals surface area (Å²) in [7, 11) is 0. The van der Waals surface area contributed by atoms with E-state index in [2.05, 4.69) is 5.32 Å². The van der Waals surface area contributed by atoms with Crippen LogP contribution in [0.25, 0.3) is 0 Å². The minimum Gasteiger partial charge on any atom is -0.480 e. The van der Waals surface area contributed by atoms with Crippen molar-refractivity contribution in [1.29, 1.82) is 0 Å². The Morgan fingerprint density at radius 3 is 2.53 bits per heavy atom. The van der Waals surface area contributed by atoms with Crippen molar-refractivity contribution in [1.82, 2.24) is 5.32 Å². The van der Waals surface area contributed by atoms with Gasteiger partial charge >= 0.3 is 5.97 Å². The average Bonchev–Trinajstić information content (AvgIpc) is 2.65. The molecule has 0 aliphatic carbocycles. The van der Waals surface area contributed by atoms with E-state index >= 15 is 0 Å². The normalized spacial score (nSPS) is 12.5. The van der Waals surface area contributed by atoms with E-state index in [-0.39, 0.29) is 11.8 Å². The lowest BCUT2D eigenvalue weighted by Gasteiger charge is -2.17. The molecule has 15 heavy (non-hydrogen) atoms. The third kappa shape index (κ3) is 3.06. The zero-order chi connectivity index (χ0) is 11.4. The van der Waals surface area contributed by atoms with Crippen molar-refractivity contribution in [3.8, 4) is 0 Å². The van der Waals surface area contributed by atoms with E-state index < -0.39 is 12.0 Å². The molecule has 5 heteroatoms. The van der Waals surface area contributed by atoms with Crippen LogP contribution in [0.5, 0.6) is 0 Å². The standard InChI is InChI=1S/C10H13NO3S/c1-6(2)8(10(13)14)11-9(12)7-4-3-5-15-7/h3-6,8H,1-2H3,(H,11,12)(H,13,14). The van der Waals surface area contributed by atoms with Gasteiger partial charge in [-0.3, -0.25) is 4.79 Å². The number of carbonyl (C=O) groups is 2. The number of hydrogen-bond donors (Lipinski definition) is 2. The highest BCUT2D eigenvalue weighted by molar-refractivity contribution is 7.12. The van der Waals surface area contributed by atoms with E-state index in [9.17, 15) is 9.59 Å². The van der Waals surface area contributed by atoms with Gasteiger partial charge < -0.3 is 10.4 Å². The first kappa shape index (κ1) is 11.7. The number of nitrogens with one attached hydrogen (secondary N) is 1. The molecule has 82 valence electrons. The minimum atomic E-state index is -1.00. The third-order valence-electron chi connectivity index (χ3n) is 1.96. The van der Waals surface area contributed by atoms with Gasteiger partial charge in [-0.15, -0.1) is 11.3 Å². The van der Waals surface area contributed by atoms with Crippen LogP contribution < -0.4 is 5.32 Å². The molecule has 1 atom stereocenters. The predicted molar refractivity (Wildman–Crippen MR) is 58.0 cm³/mol. The average molecular weight is 227 g/mol. The van der Waals surface area contributed by atoms with Gasteiger partial charge in [0.05, 0.1) is 4.88 Å². The van der Waals surface area contributed by atoms with E-state index in [1.54, 1.807) is 31.4 Å². The molecule has 0 aromatic carbocycles.